The number of imide groups is 1. The Labute approximate surface area is 177 Å². The molecule has 152 valence electrons. The molecule has 0 bridgehead atoms. The van der Waals surface area contributed by atoms with Crippen molar-refractivity contribution < 1.29 is 14.4 Å². The molecule has 1 atom stereocenters. The molecule has 2 aromatic heterocycles. The summed E-state index contributed by atoms with van der Waals surface area (Å²) in [5.41, 5.74) is 3.64. The molecule has 7 heteroatoms. The van der Waals surface area contributed by atoms with Gasteiger partial charge in [0.25, 0.3) is 11.8 Å². The van der Waals surface area contributed by atoms with Crippen molar-refractivity contribution in [2.75, 3.05) is 5.32 Å². The number of carbonyl (C=O) groups excluding carboxylic acids is 3. The Morgan fingerprint density at radius 2 is 1.65 bits per heavy atom. The number of hydrogen-bond acceptors (Lipinski definition) is 4. The minimum atomic E-state index is -0.953. The molecule has 1 aliphatic rings. The van der Waals surface area contributed by atoms with Crippen molar-refractivity contribution in [2.45, 2.75) is 13.0 Å². The minimum absolute atomic E-state index is 0.320. The number of aromatic nitrogens is 2. The molecule has 4 aromatic rings. The van der Waals surface area contributed by atoms with E-state index in [-0.39, 0.29) is 0 Å². The molecule has 3 amide bonds. The van der Waals surface area contributed by atoms with Gasteiger partial charge >= 0.3 is 0 Å². The van der Waals surface area contributed by atoms with Crippen molar-refractivity contribution in [1.29, 1.82) is 0 Å². The Kier molecular flexibility index (Phi) is 4.36. The molecule has 0 saturated heterocycles. The summed E-state index contributed by atoms with van der Waals surface area (Å²) in [6, 6.07) is 18.7. The van der Waals surface area contributed by atoms with Crippen LogP contribution in [0.4, 0.5) is 5.69 Å². The van der Waals surface area contributed by atoms with Crippen molar-refractivity contribution in [1.82, 2.24) is 14.3 Å². The van der Waals surface area contributed by atoms with E-state index in [1.165, 1.54) is 0 Å². The highest BCUT2D eigenvalue weighted by Gasteiger charge is 2.40. The molecule has 0 saturated carbocycles. The van der Waals surface area contributed by atoms with Gasteiger partial charge in [0.15, 0.2) is 0 Å². The lowest BCUT2D eigenvalue weighted by Crippen LogP contribution is -2.45. The molecular formula is C24H18N4O3. The fraction of sp³-hybridized carbons (Fsp3) is 0.0833. The number of hydrogen-bond donors (Lipinski definition) is 1. The van der Waals surface area contributed by atoms with Gasteiger partial charge < -0.3 is 9.72 Å². The maximum atomic E-state index is 12.9. The number of fused-ring (bicyclic) bond motifs is 2. The first-order chi connectivity index (χ1) is 15.0. The van der Waals surface area contributed by atoms with Crippen LogP contribution in [-0.4, -0.2) is 38.0 Å². The third kappa shape index (κ3) is 3.16. The summed E-state index contributed by atoms with van der Waals surface area (Å²) in [5, 5.41) is 2.81. The Balaban J connectivity index is 1.37. The first kappa shape index (κ1) is 18.7. The molecule has 3 heterocycles. The fourth-order valence-corrected chi connectivity index (χ4v) is 3.75. The van der Waals surface area contributed by atoms with Crippen LogP contribution in [0.2, 0.25) is 0 Å². The van der Waals surface area contributed by atoms with Gasteiger partial charge in [-0.2, -0.15) is 0 Å². The molecule has 1 N–H and O–H groups in total. The standard InChI is InChI=1S/C24H18N4O3/c1-15(28-23(30)18-9-2-3-10-19(18)24(28)31)22(29)25-17-8-6-7-16(13-17)20-14-27-12-5-4-11-21(27)26-20/h2-15H,1H3,(H,25,29)/t15-/m0/s1. The number of imidazole rings is 1. The van der Waals surface area contributed by atoms with Crippen LogP contribution in [-0.2, 0) is 4.79 Å². The van der Waals surface area contributed by atoms with Crippen LogP contribution in [0.15, 0.2) is 79.1 Å². The van der Waals surface area contributed by atoms with E-state index in [0.29, 0.717) is 16.8 Å². The Bertz CT molecular complexity index is 1290. The zero-order valence-corrected chi connectivity index (χ0v) is 16.6. The summed E-state index contributed by atoms with van der Waals surface area (Å²) >= 11 is 0. The minimum Gasteiger partial charge on any atom is -0.324 e. The van der Waals surface area contributed by atoms with E-state index >= 15 is 0 Å². The number of nitrogens with zero attached hydrogens (tertiary/aromatic N) is 3. The summed E-state index contributed by atoms with van der Waals surface area (Å²) in [5.74, 6) is -1.36. The molecule has 7 nitrogen and oxygen atoms in total. The molecule has 2 aromatic carbocycles. The number of anilines is 1. The van der Waals surface area contributed by atoms with Crippen molar-refractivity contribution in [3.63, 3.8) is 0 Å². The summed E-state index contributed by atoms with van der Waals surface area (Å²) in [7, 11) is 0. The molecular weight excluding hydrogens is 392 g/mol. The van der Waals surface area contributed by atoms with Gasteiger partial charge in [-0.05, 0) is 43.3 Å². The Morgan fingerprint density at radius 3 is 2.35 bits per heavy atom. The molecule has 1 aliphatic heterocycles. The zero-order chi connectivity index (χ0) is 21.5. The maximum Gasteiger partial charge on any atom is 0.262 e. The lowest BCUT2D eigenvalue weighted by molar-refractivity contribution is -0.119. The number of nitrogens with one attached hydrogen (secondary N) is 1. The smallest absolute Gasteiger partial charge is 0.262 e. The van der Waals surface area contributed by atoms with E-state index in [1.54, 1.807) is 37.3 Å². The van der Waals surface area contributed by atoms with Gasteiger partial charge in [-0.1, -0.05) is 30.3 Å². The van der Waals surface area contributed by atoms with Crippen molar-refractivity contribution >= 4 is 29.1 Å². The average molecular weight is 410 g/mol. The normalized spacial score (nSPS) is 14.0. The van der Waals surface area contributed by atoms with Crippen LogP contribution in [0.25, 0.3) is 16.9 Å². The molecule has 0 fully saturated rings. The highest BCUT2D eigenvalue weighted by molar-refractivity contribution is 6.23. The predicted octanol–water partition coefficient (Wildman–Crippen LogP) is 3.62. The highest BCUT2D eigenvalue weighted by atomic mass is 16.2. The molecule has 0 radical (unpaired) electrons. The van der Waals surface area contributed by atoms with Gasteiger partial charge in [0.2, 0.25) is 5.91 Å². The number of pyridine rings is 1. The quantitative estimate of drug-likeness (QED) is 0.521. The maximum absolute atomic E-state index is 12.9. The highest BCUT2D eigenvalue weighted by Crippen LogP contribution is 2.26. The lowest BCUT2D eigenvalue weighted by atomic mass is 10.1. The number of carbonyl (C=O) groups is 3. The zero-order valence-electron chi connectivity index (χ0n) is 16.6. The van der Waals surface area contributed by atoms with Gasteiger partial charge in [-0.25, -0.2) is 4.98 Å². The first-order valence-corrected chi connectivity index (χ1v) is 9.85. The topological polar surface area (TPSA) is 83.8 Å². The van der Waals surface area contributed by atoms with Gasteiger partial charge in [0.05, 0.1) is 16.8 Å². The molecule has 0 spiro atoms. The van der Waals surface area contributed by atoms with Crippen LogP contribution in [0.5, 0.6) is 0 Å². The van der Waals surface area contributed by atoms with E-state index < -0.39 is 23.8 Å². The second kappa shape index (κ2) is 7.21. The van der Waals surface area contributed by atoms with Crippen LogP contribution in [0, 0.1) is 0 Å². The van der Waals surface area contributed by atoms with Crippen LogP contribution < -0.4 is 5.32 Å². The predicted molar refractivity (Wildman–Crippen MR) is 116 cm³/mol. The molecule has 31 heavy (non-hydrogen) atoms. The van der Waals surface area contributed by atoms with Crippen LogP contribution in [0.3, 0.4) is 0 Å². The number of rotatable bonds is 4. The summed E-state index contributed by atoms with van der Waals surface area (Å²) in [6.45, 7) is 1.54. The number of benzene rings is 2. The fourth-order valence-electron chi connectivity index (χ4n) is 3.75. The van der Waals surface area contributed by atoms with Crippen LogP contribution in [0.1, 0.15) is 27.6 Å². The van der Waals surface area contributed by atoms with E-state index in [1.807, 2.05) is 53.2 Å². The molecule has 5 rings (SSSR count). The van der Waals surface area contributed by atoms with Crippen molar-refractivity contribution in [3.05, 3.63) is 90.3 Å². The Hall–Kier alpha value is -4.26. The summed E-state index contributed by atoms with van der Waals surface area (Å²) < 4.78 is 1.92. The third-order valence-electron chi connectivity index (χ3n) is 5.38. The lowest BCUT2D eigenvalue weighted by Gasteiger charge is -2.21. The third-order valence-corrected chi connectivity index (χ3v) is 5.38. The SMILES string of the molecule is C[C@@H](C(=O)Nc1cccc(-c2cn3ccccc3n2)c1)N1C(=O)c2ccccc2C1=O. The largest absolute Gasteiger partial charge is 0.324 e. The second-order valence-corrected chi connectivity index (χ2v) is 7.36. The van der Waals surface area contributed by atoms with E-state index in [2.05, 4.69) is 10.3 Å². The summed E-state index contributed by atoms with van der Waals surface area (Å²) in [4.78, 5) is 43.7. The van der Waals surface area contributed by atoms with Gasteiger partial charge in [0, 0.05) is 23.6 Å². The van der Waals surface area contributed by atoms with Crippen molar-refractivity contribution in [3.8, 4) is 11.3 Å². The second-order valence-electron chi connectivity index (χ2n) is 7.36. The molecule has 0 aliphatic carbocycles. The molecule has 0 unspecified atom stereocenters. The van der Waals surface area contributed by atoms with E-state index in [4.69, 9.17) is 0 Å². The van der Waals surface area contributed by atoms with E-state index in [0.717, 1.165) is 21.8 Å². The average Bonchev–Trinajstić information content (AvgIpc) is 3.33. The number of amides is 3. The van der Waals surface area contributed by atoms with Gasteiger partial charge in [0.1, 0.15) is 11.7 Å². The van der Waals surface area contributed by atoms with E-state index in [9.17, 15) is 14.4 Å². The van der Waals surface area contributed by atoms with Crippen LogP contribution >= 0.6 is 0 Å². The Morgan fingerprint density at radius 1 is 0.935 bits per heavy atom. The van der Waals surface area contributed by atoms with Crippen molar-refractivity contribution in [2.24, 2.45) is 0 Å². The van der Waals surface area contributed by atoms with Gasteiger partial charge in [-0.3, -0.25) is 19.3 Å². The summed E-state index contributed by atoms with van der Waals surface area (Å²) in [6.07, 6.45) is 3.83. The monoisotopic (exact) mass is 410 g/mol. The first-order valence-electron chi connectivity index (χ1n) is 9.85. The van der Waals surface area contributed by atoms with Gasteiger partial charge in [-0.15, -0.1) is 0 Å².